The van der Waals surface area contributed by atoms with E-state index in [4.69, 9.17) is 38.9 Å². The number of halogens is 2. The molecule has 0 atom stereocenters. The molecule has 0 fully saturated rings. The van der Waals surface area contributed by atoms with Crippen molar-refractivity contribution in [2.45, 2.75) is 13.5 Å². The Kier molecular flexibility index (Phi) is 4.59. The molecule has 0 radical (unpaired) electrons. The van der Waals surface area contributed by atoms with E-state index < -0.39 is 0 Å². The van der Waals surface area contributed by atoms with Crippen molar-refractivity contribution in [2.24, 2.45) is 17.9 Å². The second kappa shape index (κ2) is 6.24. The van der Waals surface area contributed by atoms with Crippen molar-refractivity contribution >= 4 is 29.0 Å². The third kappa shape index (κ3) is 3.22. The molecule has 3 N–H and O–H groups in total. The smallest absolute Gasteiger partial charge is 0.170 e. The Morgan fingerprint density at radius 2 is 2.19 bits per heavy atom. The van der Waals surface area contributed by atoms with Gasteiger partial charge in [-0.2, -0.15) is 5.10 Å². The number of hydrogen-bond acceptors (Lipinski definition) is 4. The first-order valence-electron chi connectivity index (χ1n) is 6.02. The summed E-state index contributed by atoms with van der Waals surface area (Å²) in [6, 6.07) is 4.85. The standard InChI is InChI=1S/C13H14Cl2N4O2/c1-7-9(12(15)19(2)17-7)6-21-11-4-3-8(5-10(11)14)13(16)18-20/h3-5,20H,6H2,1-2H3,(H2,16,18). The van der Waals surface area contributed by atoms with Gasteiger partial charge in [-0.25, -0.2) is 0 Å². The second-order valence-corrected chi connectivity index (χ2v) is 5.16. The molecule has 8 heteroatoms. The van der Waals surface area contributed by atoms with Gasteiger partial charge in [0.2, 0.25) is 0 Å². The van der Waals surface area contributed by atoms with Crippen LogP contribution in [0.4, 0.5) is 0 Å². The van der Waals surface area contributed by atoms with Gasteiger partial charge in [-0.3, -0.25) is 4.68 Å². The van der Waals surface area contributed by atoms with Gasteiger partial charge in [-0.1, -0.05) is 28.4 Å². The van der Waals surface area contributed by atoms with Gasteiger partial charge in [-0.05, 0) is 25.1 Å². The number of hydrogen-bond donors (Lipinski definition) is 2. The zero-order valence-electron chi connectivity index (χ0n) is 11.5. The third-order valence-corrected chi connectivity index (χ3v) is 3.75. The molecule has 6 nitrogen and oxygen atoms in total. The molecule has 2 rings (SSSR count). The molecule has 0 bridgehead atoms. The Morgan fingerprint density at radius 3 is 2.71 bits per heavy atom. The molecule has 1 heterocycles. The van der Waals surface area contributed by atoms with Crippen molar-refractivity contribution in [3.63, 3.8) is 0 Å². The topological polar surface area (TPSA) is 85.7 Å². The SMILES string of the molecule is Cc1nn(C)c(Cl)c1COc1ccc(/C(N)=N/O)cc1Cl. The van der Waals surface area contributed by atoms with E-state index in [-0.39, 0.29) is 12.4 Å². The van der Waals surface area contributed by atoms with E-state index in [1.165, 1.54) is 0 Å². The fourth-order valence-corrected chi connectivity index (χ4v) is 2.29. The molecule has 0 saturated carbocycles. The number of benzene rings is 1. The first-order valence-corrected chi connectivity index (χ1v) is 6.77. The summed E-state index contributed by atoms with van der Waals surface area (Å²) in [5.41, 5.74) is 7.60. The van der Waals surface area contributed by atoms with Gasteiger partial charge in [0.1, 0.15) is 17.5 Å². The van der Waals surface area contributed by atoms with Crippen LogP contribution in [0.2, 0.25) is 10.2 Å². The van der Waals surface area contributed by atoms with Crippen molar-refractivity contribution in [2.75, 3.05) is 0 Å². The van der Waals surface area contributed by atoms with E-state index in [1.54, 1.807) is 29.9 Å². The van der Waals surface area contributed by atoms with Gasteiger partial charge >= 0.3 is 0 Å². The Labute approximate surface area is 131 Å². The Hall–Kier alpha value is -1.92. The fourth-order valence-electron chi connectivity index (χ4n) is 1.82. The summed E-state index contributed by atoms with van der Waals surface area (Å²) in [5, 5.41) is 16.6. The van der Waals surface area contributed by atoms with E-state index in [0.717, 1.165) is 11.3 Å². The summed E-state index contributed by atoms with van der Waals surface area (Å²) < 4.78 is 7.24. The molecule has 2 aromatic rings. The fraction of sp³-hybridized carbons (Fsp3) is 0.231. The molecular weight excluding hydrogens is 315 g/mol. The zero-order chi connectivity index (χ0) is 15.6. The van der Waals surface area contributed by atoms with E-state index in [1.807, 2.05) is 6.92 Å². The molecule has 0 aliphatic rings. The quantitative estimate of drug-likeness (QED) is 0.391. The Balaban J connectivity index is 2.17. The first-order chi connectivity index (χ1) is 9.93. The molecule has 0 saturated heterocycles. The number of aryl methyl sites for hydroxylation is 2. The van der Waals surface area contributed by atoms with Crippen LogP contribution in [0.25, 0.3) is 0 Å². The minimum absolute atomic E-state index is 0.0189. The number of amidine groups is 1. The highest BCUT2D eigenvalue weighted by Gasteiger charge is 2.13. The van der Waals surface area contributed by atoms with Crippen LogP contribution in [0.15, 0.2) is 23.4 Å². The van der Waals surface area contributed by atoms with Gasteiger partial charge in [0.05, 0.1) is 10.7 Å². The highest BCUT2D eigenvalue weighted by molar-refractivity contribution is 6.32. The highest BCUT2D eigenvalue weighted by atomic mass is 35.5. The monoisotopic (exact) mass is 328 g/mol. The van der Waals surface area contributed by atoms with Crippen LogP contribution >= 0.6 is 23.2 Å². The summed E-state index contributed by atoms with van der Waals surface area (Å²) in [4.78, 5) is 0. The van der Waals surface area contributed by atoms with Gasteiger partial charge in [0, 0.05) is 18.2 Å². The van der Waals surface area contributed by atoms with Crippen LogP contribution < -0.4 is 10.5 Å². The predicted molar refractivity (Wildman–Crippen MR) is 81.2 cm³/mol. The van der Waals surface area contributed by atoms with Crippen molar-refractivity contribution in [1.82, 2.24) is 9.78 Å². The summed E-state index contributed by atoms with van der Waals surface area (Å²) in [6.07, 6.45) is 0. The molecule has 112 valence electrons. The van der Waals surface area contributed by atoms with Crippen LogP contribution in [0.5, 0.6) is 5.75 Å². The first kappa shape index (κ1) is 15.5. The Bertz CT molecular complexity index is 698. The lowest BCUT2D eigenvalue weighted by Gasteiger charge is -2.09. The van der Waals surface area contributed by atoms with Gasteiger partial charge in [0.15, 0.2) is 5.84 Å². The molecule has 0 aliphatic carbocycles. The number of rotatable bonds is 4. The minimum Gasteiger partial charge on any atom is -0.487 e. The van der Waals surface area contributed by atoms with Crippen molar-refractivity contribution in [1.29, 1.82) is 0 Å². The molecule has 0 unspecified atom stereocenters. The van der Waals surface area contributed by atoms with Crippen LogP contribution in [0.3, 0.4) is 0 Å². The van der Waals surface area contributed by atoms with Crippen LogP contribution in [0, 0.1) is 6.92 Å². The van der Waals surface area contributed by atoms with Gasteiger partial charge in [-0.15, -0.1) is 0 Å². The molecule has 1 aromatic carbocycles. The minimum atomic E-state index is -0.0189. The summed E-state index contributed by atoms with van der Waals surface area (Å²) >= 11 is 12.2. The van der Waals surface area contributed by atoms with Crippen LogP contribution in [-0.4, -0.2) is 20.8 Å². The maximum Gasteiger partial charge on any atom is 0.170 e. The van der Waals surface area contributed by atoms with Gasteiger partial charge < -0.3 is 15.7 Å². The number of oxime groups is 1. The highest BCUT2D eigenvalue weighted by Crippen LogP contribution is 2.28. The van der Waals surface area contributed by atoms with Gasteiger partial charge in [0.25, 0.3) is 0 Å². The largest absolute Gasteiger partial charge is 0.487 e. The zero-order valence-corrected chi connectivity index (χ0v) is 13.0. The van der Waals surface area contributed by atoms with E-state index >= 15 is 0 Å². The third-order valence-electron chi connectivity index (χ3n) is 2.98. The van der Waals surface area contributed by atoms with E-state index in [0.29, 0.717) is 21.5 Å². The predicted octanol–water partition coefficient (Wildman–Crippen LogP) is 2.71. The summed E-state index contributed by atoms with van der Waals surface area (Å²) in [6.45, 7) is 2.11. The number of nitrogens with two attached hydrogens (primary N) is 1. The maximum atomic E-state index is 8.63. The normalized spacial score (nSPS) is 11.7. The number of aromatic nitrogens is 2. The van der Waals surface area contributed by atoms with Crippen LogP contribution in [-0.2, 0) is 13.7 Å². The van der Waals surface area contributed by atoms with E-state index in [9.17, 15) is 0 Å². The lowest BCUT2D eigenvalue weighted by Crippen LogP contribution is -2.12. The number of nitrogens with zero attached hydrogens (tertiary/aromatic N) is 3. The average Bonchev–Trinajstić information content (AvgIpc) is 2.70. The van der Waals surface area contributed by atoms with Crippen molar-refractivity contribution < 1.29 is 9.94 Å². The number of ether oxygens (including phenoxy) is 1. The second-order valence-electron chi connectivity index (χ2n) is 4.40. The Morgan fingerprint density at radius 1 is 1.48 bits per heavy atom. The molecule has 1 aromatic heterocycles. The molecule has 0 amide bonds. The lowest BCUT2D eigenvalue weighted by atomic mass is 10.2. The van der Waals surface area contributed by atoms with Crippen molar-refractivity contribution in [3.05, 3.63) is 45.2 Å². The molecule has 0 aliphatic heterocycles. The summed E-state index contributed by atoms with van der Waals surface area (Å²) in [5.74, 6) is 0.458. The van der Waals surface area contributed by atoms with Crippen molar-refractivity contribution in [3.8, 4) is 5.75 Å². The molecule has 0 spiro atoms. The molecular formula is C13H14Cl2N4O2. The molecule has 21 heavy (non-hydrogen) atoms. The lowest BCUT2D eigenvalue weighted by molar-refractivity contribution is 0.305. The average molecular weight is 329 g/mol. The van der Waals surface area contributed by atoms with E-state index in [2.05, 4.69) is 10.3 Å². The summed E-state index contributed by atoms with van der Waals surface area (Å²) in [7, 11) is 1.76. The maximum absolute atomic E-state index is 8.63. The van der Waals surface area contributed by atoms with Crippen LogP contribution in [0.1, 0.15) is 16.8 Å².